The molecule has 0 saturated heterocycles. The number of H-pyrrole nitrogens is 1. The molecule has 0 bridgehead atoms. The van der Waals surface area contributed by atoms with Crippen LogP contribution < -0.4 is 5.73 Å². The molecule has 61 valence electrons. The Balaban J connectivity index is 2.73. The Kier molecular flexibility index (Phi) is 1.44. The van der Waals surface area contributed by atoms with Gasteiger partial charge in [0.2, 0.25) is 0 Å². The zero-order valence-corrected chi connectivity index (χ0v) is 6.24. The second-order valence-corrected chi connectivity index (χ2v) is 2.45. The molecule has 2 aromatic heterocycles. The summed E-state index contributed by atoms with van der Waals surface area (Å²) in [4.78, 5) is 3.97. The molecule has 2 heterocycles. The van der Waals surface area contributed by atoms with Crippen LogP contribution in [0.5, 0.6) is 0 Å². The fourth-order valence-electron chi connectivity index (χ4n) is 1.08. The first-order valence-electron chi connectivity index (χ1n) is 3.49. The molecule has 0 aliphatic carbocycles. The van der Waals surface area contributed by atoms with Crippen molar-refractivity contribution in [3.63, 3.8) is 0 Å². The minimum Gasteiger partial charge on any atom is -0.384 e. The fraction of sp³-hybridized carbons (Fsp3) is 0.143. The van der Waals surface area contributed by atoms with E-state index in [1.807, 2.05) is 0 Å². The summed E-state index contributed by atoms with van der Waals surface area (Å²) in [6.07, 6.45) is 0. The maximum absolute atomic E-state index is 10.5. The first kappa shape index (κ1) is 7.05. The highest BCUT2D eigenvalue weighted by Crippen LogP contribution is 2.14. The van der Waals surface area contributed by atoms with E-state index in [0.717, 1.165) is 5.39 Å². The largest absolute Gasteiger partial charge is 0.384 e. The average molecular weight is 163 g/mol. The molecule has 0 amide bonds. The lowest BCUT2D eigenvalue weighted by atomic mass is 10.3. The summed E-state index contributed by atoms with van der Waals surface area (Å²) in [6, 6.07) is 3.39. The third kappa shape index (κ3) is 0.911. The molecule has 2 aromatic rings. The number of nitrogen functional groups attached to an aromatic ring is 1. The van der Waals surface area contributed by atoms with Gasteiger partial charge >= 0.3 is 0 Å². The Labute approximate surface area is 68.2 Å². The van der Waals surface area contributed by atoms with Crippen molar-refractivity contribution in [2.75, 3.05) is 5.73 Å². The fourth-order valence-corrected chi connectivity index (χ4v) is 1.08. The molecule has 0 aliphatic rings. The highest BCUT2D eigenvalue weighted by molar-refractivity contribution is 5.78. The van der Waals surface area contributed by atoms with Crippen LogP contribution in [0.2, 0.25) is 0 Å². The van der Waals surface area contributed by atoms with Crippen LogP contribution in [0.3, 0.4) is 0 Å². The van der Waals surface area contributed by atoms with E-state index in [1.165, 1.54) is 0 Å². The van der Waals surface area contributed by atoms with Crippen LogP contribution in [0.25, 0.3) is 11.0 Å². The summed E-state index contributed by atoms with van der Waals surface area (Å²) in [5.41, 5.74) is 6.49. The average Bonchev–Trinajstić information content (AvgIpc) is 2.46. The molecule has 0 atom stereocenters. The molecular weight excluding hydrogens is 156 g/mol. The van der Waals surface area contributed by atoms with Gasteiger partial charge in [-0.15, -0.1) is 0 Å². The van der Waals surface area contributed by atoms with E-state index in [-0.39, 0.29) is 6.61 Å². The van der Waals surface area contributed by atoms with Crippen molar-refractivity contribution < 1.29 is 5.11 Å². The van der Waals surface area contributed by atoms with E-state index in [9.17, 15) is 5.11 Å². The summed E-state index contributed by atoms with van der Waals surface area (Å²) < 4.78 is 0. The van der Waals surface area contributed by atoms with E-state index in [4.69, 9.17) is 5.73 Å². The normalized spacial score (nSPS) is 10.8. The lowest BCUT2D eigenvalue weighted by molar-refractivity contribution is 0.175. The Morgan fingerprint density at radius 2 is 2.33 bits per heavy atom. The Hall–Kier alpha value is -1.62. The standard InChI is InChI=1S/C7H7N4O/c8-6-2-1-4-5(3-12)10-11-7(4)9-6/h1-2H,3H2,(H3,8,9,10,11). The SMILES string of the molecule is Nc1ccc2c(C[O])n[nH]c2n1. The van der Waals surface area contributed by atoms with Gasteiger partial charge in [0.05, 0.1) is 0 Å². The lowest BCUT2D eigenvalue weighted by Crippen LogP contribution is -1.88. The molecule has 5 nitrogen and oxygen atoms in total. The van der Waals surface area contributed by atoms with E-state index < -0.39 is 0 Å². The third-order valence-corrected chi connectivity index (χ3v) is 1.66. The summed E-state index contributed by atoms with van der Waals surface area (Å²) >= 11 is 0. The molecule has 0 fully saturated rings. The molecular formula is C7H7N4O. The molecule has 2 rings (SSSR count). The molecule has 0 spiro atoms. The van der Waals surface area contributed by atoms with E-state index in [2.05, 4.69) is 15.2 Å². The molecule has 0 saturated carbocycles. The number of hydrogen-bond acceptors (Lipinski definition) is 3. The quantitative estimate of drug-likeness (QED) is 0.640. The van der Waals surface area contributed by atoms with Gasteiger partial charge in [0.1, 0.15) is 18.1 Å². The van der Waals surface area contributed by atoms with Gasteiger partial charge in [0.15, 0.2) is 5.65 Å². The number of rotatable bonds is 1. The van der Waals surface area contributed by atoms with Crippen molar-refractivity contribution in [2.24, 2.45) is 0 Å². The third-order valence-electron chi connectivity index (χ3n) is 1.66. The predicted octanol–water partition coefficient (Wildman–Crippen LogP) is 0.471. The molecule has 5 heteroatoms. The Bertz CT molecular complexity index is 409. The lowest BCUT2D eigenvalue weighted by Gasteiger charge is -1.91. The molecule has 0 aliphatic heterocycles. The van der Waals surface area contributed by atoms with Gasteiger partial charge in [-0.05, 0) is 12.1 Å². The van der Waals surface area contributed by atoms with Crippen LogP contribution in [0.15, 0.2) is 12.1 Å². The van der Waals surface area contributed by atoms with Crippen molar-refractivity contribution in [3.8, 4) is 0 Å². The molecule has 12 heavy (non-hydrogen) atoms. The van der Waals surface area contributed by atoms with E-state index >= 15 is 0 Å². The highest BCUT2D eigenvalue weighted by atomic mass is 16.3. The van der Waals surface area contributed by atoms with Gasteiger partial charge in [-0.1, -0.05) is 0 Å². The van der Waals surface area contributed by atoms with Gasteiger partial charge < -0.3 is 5.73 Å². The number of nitrogens with zero attached hydrogens (tertiary/aromatic N) is 2. The summed E-state index contributed by atoms with van der Waals surface area (Å²) in [6.45, 7) is -0.342. The number of anilines is 1. The van der Waals surface area contributed by atoms with Crippen molar-refractivity contribution >= 4 is 16.9 Å². The first-order valence-corrected chi connectivity index (χ1v) is 3.49. The second kappa shape index (κ2) is 2.46. The highest BCUT2D eigenvalue weighted by Gasteiger charge is 2.04. The van der Waals surface area contributed by atoms with Crippen molar-refractivity contribution in [2.45, 2.75) is 6.61 Å². The number of nitrogens with one attached hydrogen (secondary N) is 1. The summed E-state index contributed by atoms with van der Waals surface area (Å²) in [7, 11) is 0. The zero-order valence-electron chi connectivity index (χ0n) is 6.24. The Morgan fingerprint density at radius 1 is 1.50 bits per heavy atom. The molecule has 0 aromatic carbocycles. The maximum atomic E-state index is 10.5. The van der Waals surface area contributed by atoms with Crippen LogP contribution in [0.1, 0.15) is 5.69 Å². The Morgan fingerprint density at radius 3 is 3.08 bits per heavy atom. The van der Waals surface area contributed by atoms with Crippen molar-refractivity contribution in [1.29, 1.82) is 0 Å². The number of pyridine rings is 1. The first-order chi connectivity index (χ1) is 5.81. The topological polar surface area (TPSA) is 87.5 Å². The van der Waals surface area contributed by atoms with Crippen LogP contribution in [-0.2, 0) is 11.7 Å². The van der Waals surface area contributed by atoms with Crippen molar-refractivity contribution in [3.05, 3.63) is 17.8 Å². The molecule has 0 unspecified atom stereocenters. The summed E-state index contributed by atoms with van der Waals surface area (Å²) in [5, 5.41) is 17.7. The number of aromatic amines is 1. The minimum absolute atomic E-state index is 0.342. The number of nitrogens with two attached hydrogens (primary N) is 1. The van der Waals surface area contributed by atoms with Crippen LogP contribution in [0.4, 0.5) is 5.82 Å². The minimum atomic E-state index is -0.342. The smallest absolute Gasteiger partial charge is 0.157 e. The molecule has 1 radical (unpaired) electrons. The van der Waals surface area contributed by atoms with Gasteiger partial charge in [0.25, 0.3) is 0 Å². The number of hydrogen-bond donors (Lipinski definition) is 2. The number of fused-ring (bicyclic) bond motifs is 1. The van der Waals surface area contributed by atoms with E-state index in [1.54, 1.807) is 12.1 Å². The van der Waals surface area contributed by atoms with Gasteiger partial charge in [-0.25, -0.2) is 10.1 Å². The predicted molar refractivity (Wildman–Crippen MR) is 42.7 cm³/mol. The van der Waals surface area contributed by atoms with Gasteiger partial charge in [0, 0.05) is 5.39 Å². The number of aromatic nitrogens is 3. The molecule has 3 N–H and O–H groups in total. The maximum Gasteiger partial charge on any atom is 0.157 e. The van der Waals surface area contributed by atoms with Crippen LogP contribution in [-0.4, -0.2) is 15.2 Å². The van der Waals surface area contributed by atoms with Gasteiger partial charge in [-0.2, -0.15) is 5.10 Å². The second-order valence-electron chi connectivity index (χ2n) is 2.45. The van der Waals surface area contributed by atoms with Crippen LogP contribution in [0, 0.1) is 0 Å². The van der Waals surface area contributed by atoms with Crippen LogP contribution >= 0.6 is 0 Å². The van der Waals surface area contributed by atoms with E-state index in [0.29, 0.717) is 17.2 Å². The van der Waals surface area contributed by atoms with Gasteiger partial charge in [-0.3, -0.25) is 5.10 Å². The zero-order chi connectivity index (χ0) is 8.55. The monoisotopic (exact) mass is 163 g/mol. The van der Waals surface area contributed by atoms with Crippen molar-refractivity contribution in [1.82, 2.24) is 15.2 Å². The summed E-state index contributed by atoms with van der Waals surface area (Å²) in [5.74, 6) is 0.420.